The topological polar surface area (TPSA) is 80.3 Å². The molecule has 1 atom stereocenters. The molecule has 0 radical (unpaired) electrons. The summed E-state index contributed by atoms with van der Waals surface area (Å²) < 4.78 is 32.7. The molecule has 136 valence electrons. The van der Waals surface area contributed by atoms with Crippen molar-refractivity contribution >= 4 is 17.5 Å². The zero-order valence-corrected chi connectivity index (χ0v) is 13.8. The fraction of sp³-hybridized carbons (Fsp3) is 0.278. The number of nitrogens with one attached hydrogen (secondary N) is 2. The molecule has 1 fully saturated rings. The van der Waals surface area contributed by atoms with Gasteiger partial charge in [-0.2, -0.15) is 0 Å². The molecule has 26 heavy (non-hydrogen) atoms. The number of carbonyl (C=O) groups is 2. The number of carbonyl (C=O) groups excluding carboxylic acids is 2. The van der Waals surface area contributed by atoms with Crippen LogP contribution in [0.4, 0.5) is 14.5 Å². The van der Waals surface area contributed by atoms with Gasteiger partial charge in [-0.1, -0.05) is 6.07 Å². The Labute approximate surface area is 148 Å². The van der Waals surface area contributed by atoms with Crippen LogP contribution in [0.5, 0.6) is 0 Å². The van der Waals surface area contributed by atoms with Crippen LogP contribution in [0, 0.1) is 11.6 Å². The van der Waals surface area contributed by atoms with Gasteiger partial charge in [0.05, 0.1) is 6.10 Å². The molecule has 2 amide bonds. The molecule has 2 aromatic rings. The molecule has 0 bridgehead atoms. The van der Waals surface area contributed by atoms with E-state index in [0.717, 1.165) is 25.0 Å². The van der Waals surface area contributed by atoms with E-state index in [9.17, 15) is 18.4 Å². The lowest BCUT2D eigenvalue weighted by atomic mass is 10.2. The summed E-state index contributed by atoms with van der Waals surface area (Å²) in [4.78, 5) is 28.3. The number of nitrogens with zero attached hydrogens (tertiary/aromatic N) is 1. The summed E-state index contributed by atoms with van der Waals surface area (Å²) in [7, 11) is 0. The zero-order chi connectivity index (χ0) is 18.5. The smallest absolute Gasteiger partial charge is 0.274 e. The first-order valence-corrected chi connectivity index (χ1v) is 8.16. The van der Waals surface area contributed by atoms with Gasteiger partial charge in [0.2, 0.25) is 0 Å². The Hall–Kier alpha value is -2.87. The van der Waals surface area contributed by atoms with Crippen molar-refractivity contribution < 1.29 is 23.1 Å². The van der Waals surface area contributed by atoms with E-state index in [2.05, 4.69) is 15.6 Å². The Balaban J connectivity index is 1.68. The molecule has 8 heteroatoms. The monoisotopic (exact) mass is 361 g/mol. The number of para-hydroxylation sites is 1. The maximum atomic E-state index is 13.6. The van der Waals surface area contributed by atoms with E-state index < -0.39 is 23.2 Å². The minimum atomic E-state index is -0.899. The molecule has 6 nitrogen and oxygen atoms in total. The number of halogens is 2. The summed E-state index contributed by atoms with van der Waals surface area (Å²) in [6.07, 6.45) is 3.13. The largest absolute Gasteiger partial charge is 0.376 e. The number of amides is 2. The lowest BCUT2D eigenvalue weighted by molar-refractivity contribution is 0.0857. The second-order valence-electron chi connectivity index (χ2n) is 5.83. The van der Waals surface area contributed by atoms with Crippen molar-refractivity contribution in [3.05, 3.63) is 59.4 Å². The highest BCUT2D eigenvalue weighted by atomic mass is 19.1. The Bertz CT molecular complexity index is 803. The van der Waals surface area contributed by atoms with Crippen LogP contribution in [-0.2, 0) is 4.74 Å². The van der Waals surface area contributed by atoms with Gasteiger partial charge in [-0.3, -0.25) is 14.6 Å². The lowest BCUT2D eigenvalue weighted by Gasteiger charge is -2.11. The third-order valence-corrected chi connectivity index (χ3v) is 3.97. The van der Waals surface area contributed by atoms with E-state index >= 15 is 0 Å². The predicted molar refractivity (Wildman–Crippen MR) is 89.9 cm³/mol. The number of hydrogen-bond donors (Lipinski definition) is 2. The molecule has 1 aliphatic rings. The fourth-order valence-corrected chi connectivity index (χ4v) is 2.60. The third kappa shape index (κ3) is 4.20. The van der Waals surface area contributed by atoms with E-state index in [4.69, 9.17) is 4.74 Å². The van der Waals surface area contributed by atoms with Gasteiger partial charge in [-0.25, -0.2) is 8.78 Å². The molecule has 0 spiro atoms. The average molecular weight is 361 g/mol. The molecule has 1 saturated heterocycles. The molecular weight excluding hydrogens is 344 g/mol. The summed E-state index contributed by atoms with van der Waals surface area (Å²) in [5, 5.41) is 4.87. The first-order valence-electron chi connectivity index (χ1n) is 8.16. The minimum absolute atomic E-state index is 0.00686. The summed E-state index contributed by atoms with van der Waals surface area (Å²) in [6, 6.07) is 5.96. The van der Waals surface area contributed by atoms with Gasteiger partial charge in [0.1, 0.15) is 23.0 Å². The van der Waals surface area contributed by atoms with Gasteiger partial charge in [0, 0.05) is 24.9 Å². The van der Waals surface area contributed by atoms with Crippen molar-refractivity contribution in [3.8, 4) is 0 Å². The normalized spacial score (nSPS) is 16.3. The van der Waals surface area contributed by atoms with E-state index in [1.54, 1.807) is 0 Å². The number of ether oxygens (including phenoxy) is 1. The number of rotatable bonds is 5. The number of benzene rings is 1. The van der Waals surface area contributed by atoms with Crippen LogP contribution < -0.4 is 10.6 Å². The van der Waals surface area contributed by atoms with Crippen LogP contribution in [0.3, 0.4) is 0 Å². The standard InChI is InChI=1S/C18H17F2N3O3/c19-13-4-1-5-14(20)16(13)23-18(25)15-9-11(6-7-21-15)17(24)22-10-12-3-2-8-26-12/h1,4-7,9,12H,2-3,8,10H2,(H,22,24)(H,23,25). The quantitative estimate of drug-likeness (QED) is 0.858. The summed E-state index contributed by atoms with van der Waals surface area (Å²) in [6.45, 7) is 1.07. The van der Waals surface area contributed by atoms with Gasteiger partial charge in [-0.05, 0) is 37.1 Å². The average Bonchev–Trinajstić information content (AvgIpc) is 3.16. The molecule has 1 aromatic heterocycles. The Kier molecular flexibility index (Phi) is 5.52. The molecule has 3 rings (SSSR count). The van der Waals surface area contributed by atoms with Crippen LogP contribution in [0.1, 0.15) is 33.7 Å². The second kappa shape index (κ2) is 8.01. The SMILES string of the molecule is O=C(NCC1CCCO1)c1ccnc(C(=O)Nc2c(F)cccc2F)c1. The van der Waals surface area contributed by atoms with Crippen LogP contribution in [-0.4, -0.2) is 36.1 Å². The molecule has 2 N–H and O–H groups in total. The summed E-state index contributed by atoms with van der Waals surface area (Å²) in [5.74, 6) is -3.00. The molecule has 0 aliphatic carbocycles. The van der Waals surface area contributed by atoms with E-state index in [1.165, 1.54) is 24.4 Å². The van der Waals surface area contributed by atoms with Crippen molar-refractivity contribution in [2.24, 2.45) is 0 Å². The summed E-state index contributed by atoms with van der Waals surface area (Å²) >= 11 is 0. The van der Waals surface area contributed by atoms with Crippen LogP contribution >= 0.6 is 0 Å². The van der Waals surface area contributed by atoms with Crippen molar-refractivity contribution in [1.82, 2.24) is 10.3 Å². The first kappa shape index (κ1) is 17.9. The summed E-state index contributed by atoms with van der Waals surface area (Å²) in [5.41, 5.74) is -0.470. The van der Waals surface area contributed by atoms with Gasteiger partial charge in [-0.15, -0.1) is 0 Å². The molecule has 0 saturated carbocycles. The van der Waals surface area contributed by atoms with Crippen molar-refractivity contribution in [3.63, 3.8) is 0 Å². The zero-order valence-electron chi connectivity index (χ0n) is 13.8. The van der Waals surface area contributed by atoms with Crippen molar-refractivity contribution in [2.75, 3.05) is 18.5 Å². The number of hydrogen-bond acceptors (Lipinski definition) is 4. The van der Waals surface area contributed by atoms with Crippen LogP contribution in [0.2, 0.25) is 0 Å². The van der Waals surface area contributed by atoms with Crippen molar-refractivity contribution in [2.45, 2.75) is 18.9 Å². The highest BCUT2D eigenvalue weighted by Crippen LogP contribution is 2.19. The number of pyridine rings is 1. The molecule has 1 unspecified atom stereocenters. The maximum absolute atomic E-state index is 13.6. The van der Waals surface area contributed by atoms with Gasteiger partial charge in [0.25, 0.3) is 11.8 Å². The predicted octanol–water partition coefficient (Wildman–Crippen LogP) is 2.52. The van der Waals surface area contributed by atoms with E-state index in [1.807, 2.05) is 0 Å². The number of aromatic nitrogens is 1. The number of anilines is 1. The molecule has 1 aliphatic heterocycles. The Morgan fingerprint density at radius 3 is 2.65 bits per heavy atom. The van der Waals surface area contributed by atoms with Gasteiger partial charge >= 0.3 is 0 Å². The van der Waals surface area contributed by atoms with Crippen molar-refractivity contribution in [1.29, 1.82) is 0 Å². The van der Waals surface area contributed by atoms with Gasteiger partial charge in [0.15, 0.2) is 0 Å². The van der Waals surface area contributed by atoms with Gasteiger partial charge < -0.3 is 15.4 Å². The Morgan fingerprint density at radius 2 is 1.96 bits per heavy atom. The fourth-order valence-electron chi connectivity index (χ4n) is 2.60. The maximum Gasteiger partial charge on any atom is 0.274 e. The van der Waals surface area contributed by atoms with Crippen LogP contribution in [0.25, 0.3) is 0 Å². The molecule has 2 heterocycles. The lowest BCUT2D eigenvalue weighted by Crippen LogP contribution is -2.32. The Morgan fingerprint density at radius 1 is 1.19 bits per heavy atom. The highest BCUT2D eigenvalue weighted by Gasteiger charge is 2.18. The minimum Gasteiger partial charge on any atom is -0.376 e. The molecule has 1 aromatic carbocycles. The first-order chi connectivity index (χ1) is 12.5. The molecular formula is C18H17F2N3O3. The second-order valence-corrected chi connectivity index (χ2v) is 5.83. The van der Waals surface area contributed by atoms with E-state index in [0.29, 0.717) is 13.2 Å². The third-order valence-electron chi connectivity index (χ3n) is 3.97. The van der Waals surface area contributed by atoms with E-state index in [-0.39, 0.29) is 23.3 Å². The highest BCUT2D eigenvalue weighted by molar-refractivity contribution is 6.04. The van der Waals surface area contributed by atoms with Crippen LogP contribution in [0.15, 0.2) is 36.5 Å².